The molecule has 0 amide bonds. The zero-order valence-corrected chi connectivity index (χ0v) is 13.2. The van der Waals surface area contributed by atoms with E-state index in [0.717, 1.165) is 33.3 Å². The molecular formula is C15H14N6S. The normalized spacial score (nSPS) is 13.8. The van der Waals surface area contributed by atoms with E-state index in [1.165, 1.54) is 40.9 Å². The number of hydrogen-bond acceptors (Lipinski definition) is 5. The highest BCUT2D eigenvalue weighted by molar-refractivity contribution is 7.25. The molecule has 0 fully saturated rings. The van der Waals surface area contributed by atoms with Gasteiger partial charge < -0.3 is 0 Å². The highest BCUT2D eigenvalue weighted by atomic mass is 32.1. The van der Waals surface area contributed by atoms with Gasteiger partial charge in [0.2, 0.25) is 0 Å². The molecule has 0 aliphatic heterocycles. The standard InChI is InChI=1S/C15H14N6S/c1-7(2)11-9-5-3-4-8(9)10-12-13(22-15(10)19-11)14(20-21-16)18-6-17-12/h6-7H,3-5H2,1-2H3. The van der Waals surface area contributed by atoms with Gasteiger partial charge in [-0.05, 0) is 47.0 Å². The number of fused-ring (bicyclic) bond motifs is 5. The summed E-state index contributed by atoms with van der Waals surface area (Å²) in [5.41, 5.74) is 13.6. The van der Waals surface area contributed by atoms with E-state index in [1.54, 1.807) is 0 Å². The maximum Gasteiger partial charge on any atom is 0.148 e. The topological polar surface area (TPSA) is 87.4 Å². The summed E-state index contributed by atoms with van der Waals surface area (Å²) in [4.78, 5) is 17.3. The summed E-state index contributed by atoms with van der Waals surface area (Å²) in [6.45, 7) is 4.37. The third kappa shape index (κ3) is 1.79. The minimum absolute atomic E-state index is 0.397. The lowest BCUT2D eigenvalue weighted by Gasteiger charge is -2.11. The zero-order valence-electron chi connectivity index (χ0n) is 12.4. The molecular weight excluding hydrogens is 296 g/mol. The smallest absolute Gasteiger partial charge is 0.148 e. The van der Waals surface area contributed by atoms with E-state index in [2.05, 4.69) is 33.8 Å². The van der Waals surface area contributed by atoms with Crippen LogP contribution in [-0.4, -0.2) is 15.0 Å². The van der Waals surface area contributed by atoms with Crippen molar-refractivity contribution in [3.8, 4) is 0 Å². The number of rotatable bonds is 2. The monoisotopic (exact) mass is 310 g/mol. The molecule has 110 valence electrons. The molecule has 1 aliphatic rings. The predicted molar refractivity (Wildman–Crippen MR) is 87.6 cm³/mol. The Labute approximate surface area is 130 Å². The molecule has 0 N–H and O–H groups in total. The Bertz CT molecular complexity index is 952. The first-order chi connectivity index (χ1) is 10.7. The Balaban J connectivity index is 2.17. The molecule has 0 bridgehead atoms. The molecule has 0 saturated heterocycles. The second-order valence-corrected chi connectivity index (χ2v) is 6.81. The molecule has 6 nitrogen and oxygen atoms in total. The summed E-state index contributed by atoms with van der Waals surface area (Å²) in [6, 6.07) is 0. The predicted octanol–water partition coefficient (Wildman–Crippen LogP) is 4.79. The van der Waals surface area contributed by atoms with Crippen molar-refractivity contribution in [1.82, 2.24) is 15.0 Å². The first kappa shape index (κ1) is 13.4. The number of azide groups is 1. The summed E-state index contributed by atoms with van der Waals surface area (Å²) in [5.74, 6) is 0.803. The summed E-state index contributed by atoms with van der Waals surface area (Å²) in [5, 5.41) is 4.83. The first-order valence-electron chi connectivity index (χ1n) is 7.34. The number of aromatic nitrogens is 3. The molecule has 0 saturated carbocycles. The van der Waals surface area contributed by atoms with E-state index in [9.17, 15) is 0 Å². The summed E-state index contributed by atoms with van der Waals surface area (Å²) in [7, 11) is 0. The largest absolute Gasteiger partial charge is 0.241 e. The average molecular weight is 310 g/mol. The van der Waals surface area contributed by atoms with Gasteiger partial charge in [-0.3, -0.25) is 0 Å². The number of thiophene rings is 1. The molecule has 0 spiro atoms. The van der Waals surface area contributed by atoms with Crippen LogP contribution >= 0.6 is 11.3 Å². The zero-order chi connectivity index (χ0) is 15.3. The van der Waals surface area contributed by atoms with Crippen molar-refractivity contribution in [2.24, 2.45) is 5.11 Å². The minimum Gasteiger partial charge on any atom is -0.241 e. The fourth-order valence-corrected chi connectivity index (χ4v) is 4.40. The molecule has 0 atom stereocenters. The van der Waals surface area contributed by atoms with Crippen LogP contribution in [0.1, 0.15) is 43.0 Å². The second kappa shape index (κ2) is 4.90. The van der Waals surface area contributed by atoms with Gasteiger partial charge in [0.15, 0.2) is 0 Å². The van der Waals surface area contributed by atoms with Crippen LogP contribution in [0.25, 0.3) is 30.9 Å². The van der Waals surface area contributed by atoms with Crippen molar-refractivity contribution in [1.29, 1.82) is 0 Å². The van der Waals surface area contributed by atoms with Gasteiger partial charge in [-0.25, -0.2) is 15.0 Å². The number of aryl methyl sites for hydroxylation is 1. The third-order valence-electron chi connectivity index (χ3n) is 4.17. The SMILES string of the molecule is CC(C)c1nc2sc3c(N=[N+]=[N-])ncnc3c2c2c1CCC2. The van der Waals surface area contributed by atoms with Gasteiger partial charge in [-0.2, -0.15) is 0 Å². The molecule has 1 aliphatic carbocycles. The van der Waals surface area contributed by atoms with E-state index in [0.29, 0.717) is 11.7 Å². The van der Waals surface area contributed by atoms with Crippen molar-refractivity contribution in [3.05, 3.63) is 33.6 Å². The van der Waals surface area contributed by atoms with E-state index < -0.39 is 0 Å². The molecule has 22 heavy (non-hydrogen) atoms. The molecule has 3 heterocycles. The molecule has 0 radical (unpaired) electrons. The van der Waals surface area contributed by atoms with E-state index in [-0.39, 0.29) is 0 Å². The maximum absolute atomic E-state index is 8.71. The summed E-state index contributed by atoms with van der Waals surface area (Å²) < 4.78 is 0.831. The Hall–Kier alpha value is -2.24. The van der Waals surface area contributed by atoms with Crippen molar-refractivity contribution in [3.63, 3.8) is 0 Å². The van der Waals surface area contributed by atoms with E-state index >= 15 is 0 Å². The fraction of sp³-hybridized carbons (Fsp3) is 0.400. The van der Waals surface area contributed by atoms with Crippen LogP contribution in [-0.2, 0) is 12.8 Å². The van der Waals surface area contributed by atoms with Gasteiger partial charge in [0, 0.05) is 16.0 Å². The molecule has 3 aromatic heterocycles. The molecule has 7 heteroatoms. The lowest BCUT2D eigenvalue weighted by molar-refractivity contribution is 0.805. The Morgan fingerprint density at radius 2 is 2.09 bits per heavy atom. The van der Waals surface area contributed by atoms with Gasteiger partial charge in [0.1, 0.15) is 17.0 Å². The Morgan fingerprint density at radius 1 is 1.27 bits per heavy atom. The van der Waals surface area contributed by atoms with Crippen LogP contribution < -0.4 is 0 Å². The molecule has 0 aromatic carbocycles. The molecule has 0 unspecified atom stereocenters. The van der Waals surface area contributed by atoms with Crippen molar-refractivity contribution >= 4 is 37.6 Å². The number of hydrogen-bond donors (Lipinski definition) is 0. The van der Waals surface area contributed by atoms with Crippen LogP contribution in [0.3, 0.4) is 0 Å². The molecule has 4 rings (SSSR count). The fourth-order valence-electron chi connectivity index (χ4n) is 3.31. The first-order valence-corrected chi connectivity index (χ1v) is 8.16. The lowest BCUT2D eigenvalue weighted by Crippen LogP contribution is -2.00. The van der Waals surface area contributed by atoms with Gasteiger partial charge >= 0.3 is 0 Å². The number of nitrogens with zero attached hydrogens (tertiary/aromatic N) is 6. The molecule has 3 aromatic rings. The van der Waals surface area contributed by atoms with Crippen LogP contribution in [0.5, 0.6) is 0 Å². The van der Waals surface area contributed by atoms with Crippen LogP contribution in [0.4, 0.5) is 5.82 Å². The lowest BCUT2D eigenvalue weighted by atomic mass is 9.99. The number of pyridine rings is 1. The van der Waals surface area contributed by atoms with Crippen LogP contribution in [0, 0.1) is 0 Å². The van der Waals surface area contributed by atoms with E-state index in [4.69, 9.17) is 10.5 Å². The highest BCUT2D eigenvalue weighted by Crippen LogP contribution is 2.42. The summed E-state index contributed by atoms with van der Waals surface area (Å²) in [6.07, 6.45) is 4.80. The van der Waals surface area contributed by atoms with Gasteiger partial charge in [-0.1, -0.05) is 13.8 Å². The summed E-state index contributed by atoms with van der Waals surface area (Å²) >= 11 is 1.52. The maximum atomic E-state index is 8.71. The average Bonchev–Trinajstić information content (AvgIpc) is 3.10. The van der Waals surface area contributed by atoms with Crippen molar-refractivity contribution in [2.45, 2.75) is 39.0 Å². The van der Waals surface area contributed by atoms with Crippen LogP contribution in [0.15, 0.2) is 11.4 Å². The van der Waals surface area contributed by atoms with Gasteiger partial charge in [0.25, 0.3) is 0 Å². The second-order valence-electron chi connectivity index (χ2n) is 5.81. The highest BCUT2D eigenvalue weighted by Gasteiger charge is 2.24. The minimum atomic E-state index is 0.397. The van der Waals surface area contributed by atoms with Crippen LogP contribution in [0.2, 0.25) is 0 Å². The van der Waals surface area contributed by atoms with Crippen molar-refractivity contribution in [2.75, 3.05) is 0 Å². The third-order valence-corrected chi connectivity index (χ3v) is 5.24. The Morgan fingerprint density at radius 3 is 2.86 bits per heavy atom. The Kier molecular flexibility index (Phi) is 2.99. The quantitative estimate of drug-likeness (QED) is 0.387. The van der Waals surface area contributed by atoms with Gasteiger partial charge in [0.05, 0.1) is 10.2 Å². The van der Waals surface area contributed by atoms with Gasteiger partial charge in [-0.15, -0.1) is 11.3 Å². The van der Waals surface area contributed by atoms with E-state index in [1.807, 2.05) is 0 Å². The van der Waals surface area contributed by atoms with Crippen molar-refractivity contribution < 1.29 is 0 Å².